The minimum absolute atomic E-state index is 0.0184. The van der Waals surface area contributed by atoms with Gasteiger partial charge < -0.3 is 4.74 Å². The summed E-state index contributed by atoms with van der Waals surface area (Å²) in [7, 11) is 1.32. The number of hydrogen-bond acceptors (Lipinski definition) is 4. The molecule has 0 amide bonds. The monoisotopic (exact) mass is 283 g/mol. The topological polar surface area (TPSA) is 39.2 Å². The molecule has 1 aromatic carbocycles. The second-order valence-electron chi connectivity index (χ2n) is 3.82. The molecule has 0 unspecified atom stereocenters. The van der Waals surface area contributed by atoms with Gasteiger partial charge in [-0.05, 0) is 0 Å². The summed E-state index contributed by atoms with van der Waals surface area (Å²) in [5.74, 6) is -0.357. The molecule has 1 heterocycles. The highest BCUT2D eigenvalue weighted by molar-refractivity contribution is 7.13. The van der Waals surface area contributed by atoms with Crippen LogP contribution in [0.3, 0.4) is 0 Å². The quantitative estimate of drug-likeness (QED) is 0.807. The van der Waals surface area contributed by atoms with Crippen LogP contribution in [0.2, 0.25) is 0 Å². The lowest BCUT2D eigenvalue weighted by Gasteiger charge is -2.00. The maximum absolute atomic E-state index is 12.4. The lowest BCUT2D eigenvalue weighted by molar-refractivity contribution is -0.139. The average Bonchev–Trinajstić information content (AvgIpc) is 2.87. The highest BCUT2D eigenvalue weighted by Crippen LogP contribution is 2.26. The third kappa shape index (κ3) is 3.35. The van der Waals surface area contributed by atoms with Gasteiger partial charge in [0.25, 0.3) is 6.43 Å². The number of nitrogens with zero attached hydrogens (tertiary/aromatic N) is 1. The van der Waals surface area contributed by atoms with Crippen LogP contribution in [0.15, 0.2) is 29.6 Å². The fourth-order valence-corrected chi connectivity index (χ4v) is 2.34. The van der Waals surface area contributed by atoms with E-state index in [0.29, 0.717) is 10.7 Å². The number of methoxy groups -OCH3 is 1. The zero-order valence-corrected chi connectivity index (χ0v) is 10.9. The van der Waals surface area contributed by atoms with Gasteiger partial charge in [0.1, 0.15) is 5.01 Å². The third-order valence-corrected chi connectivity index (χ3v) is 3.45. The number of aromatic nitrogens is 1. The Morgan fingerprint density at radius 2 is 2.05 bits per heavy atom. The number of hydrogen-bond donors (Lipinski definition) is 0. The first-order chi connectivity index (χ1) is 9.10. The lowest BCUT2D eigenvalue weighted by atomic mass is 10.1. The fourth-order valence-electron chi connectivity index (χ4n) is 1.51. The molecule has 0 aliphatic carbocycles. The van der Waals surface area contributed by atoms with E-state index in [2.05, 4.69) is 9.72 Å². The van der Waals surface area contributed by atoms with E-state index in [-0.39, 0.29) is 18.0 Å². The largest absolute Gasteiger partial charge is 0.469 e. The molecule has 0 bridgehead atoms. The maximum atomic E-state index is 12.4. The zero-order valence-electron chi connectivity index (χ0n) is 10.1. The number of halogens is 2. The normalized spacial score (nSPS) is 10.7. The number of carbonyl (C=O) groups excluding carboxylic acids is 1. The predicted molar refractivity (Wildman–Crippen MR) is 68.2 cm³/mol. The van der Waals surface area contributed by atoms with Crippen LogP contribution >= 0.6 is 11.3 Å². The fraction of sp³-hybridized carbons (Fsp3) is 0.231. The van der Waals surface area contributed by atoms with Gasteiger partial charge >= 0.3 is 5.97 Å². The SMILES string of the molecule is COC(=O)Cc1csc(-c2ccc(C(F)F)cc2)n1. The van der Waals surface area contributed by atoms with Crippen molar-refractivity contribution in [2.45, 2.75) is 12.8 Å². The summed E-state index contributed by atoms with van der Waals surface area (Å²) in [6, 6.07) is 5.95. The van der Waals surface area contributed by atoms with Gasteiger partial charge in [-0.1, -0.05) is 24.3 Å². The van der Waals surface area contributed by atoms with Gasteiger partial charge in [-0.3, -0.25) is 4.79 Å². The molecule has 2 rings (SSSR count). The van der Waals surface area contributed by atoms with Crippen molar-refractivity contribution in [2.24, 2.45) is 0 Å². The smallest absolute Gasteiger partial charge is 0.311 e. The van der Waals surface area contributed by atoms with Gasteiger partial charge in [-0.15, -0.1) is 11.3 Å². The van der Waals surface area contributed by atoms with Gasteiger partial charge in [0.05, 0.1) is 19.2 Å². The minimum Gasteiger partial charge on any atom is -0.469 e. The Kier molecular flexibility index (Phi) is 4.21. The van der Waals surface area contributed by atoms with Gasteiger partial charge in [0, 0.05) is 16.5 Å². The van der Waals surface area contributed by atoms with E-state index in [1.807, 2.05) is 0 Å². The first-order valence-corrected chi connectivity index (χ1v) is 6.38. The van der Waals surface area contributed by atoms with Crippen molar-refractivity contribution in [1.82, 2.24) is 4.98 Å². The number of alkyl halides is 2. The van der Waals surface area contributed by atoms with E-state index in [0.717, 1.165) is 5.56 Å². The molecule has 1 aromatic heterocycles. The Morgan fingerprint density at radius 3 is 2.63 bits per heavy atom. The lowest BCUT2D eigenvalue weighted by Crippen LogP contribution is -2.04. The van der Waals surface area contributed by atoms with Crippen molar-refractivity contribution >= 4 is 17.3 Å². The average molecular weight is 283 g/mol. The molecule has 0 radical (unpaired) electrons. The Hall–Kier alpha value is -1.82. The molecule has 6 heteroatoms. The second-order valence-corrected chi connectivity index (χ2v) is 4.68. The van der Waals surface area contributed by atoms with Gasteiger partial charge in [-0.2, -0.15) is 0 Å². The molecule has 0 fully saturated rings. The molecule has 100 valence electrons. The van der Waals surface area contributed by atoms with E-state index >= 15 is 0 Å². The minimum atomic E-state index is -2.47. The van der Waals surface area contributed by atoms with Crippen molar-refractivity contribution in [1.29, 1.82) is 0 Å². The predicted octanol–water partition coefficient (Wildman–Crippen LogP) is 3.46. The Balaban J connectivity index is 2.16. The van der Waals surface area contributed by atoms with Crippen LogP contribution in [0.4, 0.5) is 8.78 Å². The van der Waals surface area contributed by atoms with Crippen molar-refractivity contribution < 1.29 is 18.3 Å². The Labute approximate surface area is 112 Å². The van der Waals surface area contributed by atoms with Crippen LogP contribution in [0.5, 0.6) is 0 Å². The van der Waals surface area contributed by atoms with E-state index in [9.17, 15) is 13.6 Å². The number of ether oxygens (including phenoxy) is 1. The molecule has 0 saturated heterocycles. The number of benzene rings is 1. The molecule has 0 N–H and O–H groups in total. The summed E-state index contributed by atoms with van der Waals surface area (Å²) in [4.78, 5) is 15.4. The molecular weight excluding hydrogens is 272 g/mol. The van der Waals surface area contributed by atoms with Crippen LogP contribution in [0, 0.1) is 0 Å². The summed E-state index contributed by atoms with van der Waals surface area (Å²) in [5.41, 5.74) is 1.35. The number of thiazole rings is 1. The van der Waals surface area contributed by atoms with Crippen molar-refractivity contribution in [3.8, 4) is 10.6 Å². The van der Waals surface area contributed by atoms with E-state index in [1.54, 1.807) is 17.5 Å². The maximum Gasteiger partial charge on any atom is 0.311 e. The van der Waals surface area contributed by atoms with Crippen molar-refractivity contribution in [3.63, 3.8) is 0 Å². The van der Waals surface area contributed by atoms with Crippen LogP contribution in [0.1, 0.15) is 17.7 Å². The first kappa shape index (κ1) is 13.6. The summed E-state index contributed by atoms with van der Waals surface area (Å²) in [6.07, 6.45) is -2.36. The highest BCUT2D eigenvalue weighted by Gasteiger charge is 2.10. The van der Waals surface area contributed by atoms with Gasteiger partial charge in [-0.25, -0.2) is 13.8 Å². The van der Waals surface area contributed by atoms with Crippen LogP contribution < -0.4 is 0 Å². The van der Waals surface area contributed by atoms with E-state index in [4.69, 9.17) is 0 Å². The highest BCUT2D eigenvalue weighted by atomic mass is 32.1. The van der Waals surface area contributed by atoms with Crippen molar-refractivity contribution in [2.75, 3.05) is 7.11 Å². The summed E-state index contributed by atoms with van der Waals surface area (Å²) >= 11 is 1.36. The second kappa shape index (κ2) is 5.88. The number of carbonyl (C=O) groups is 1. The summed E-state index contributed by atoms with van der Waals surface area (Å²) in [6.45, 7) is 0. The summed E-state index contributed by atoms with van der Waals surface area (Å²) < 4.78 is 29.4. The van der Waals surface area contributed by atoms with Gasteiger partial charge in [0.15, 0.2) is 0 Å². The van der Waals surface area contributed by atoms with E-state index < -0.39 is 6.43 Å². The number of esters is 1. The van der Waals surface area contributed by atoms with Gasteiger partial charge in [0.2, 0.25) is 0 Å². The van der Waals surface area contributed by atoms with Crippen LogP contribution in [-0.2, 0) is 16.0 Å². The third-order valence-electron chi connectivity index (χ3n) is 2.51. The molecular formula is C13H11F2NO2S. The molecule has 3 nitrogen and oxygen atoms in total. The first-order valence-electron chi connectivity index (χ1n) is 5.50. The Bertz CT molecular complexity index is 566. The van der Waals surface area contributed by atoms with Crippen molar-refractivity contribution in [3.05, 3.63) is 40.9 Å². The molecule has 0 saturated carbocycles. The van der Waals surface area contributed by atoms with Crippen LogP contribution in [0.25, 0.3) is 10.6 Å². The van der Waals surface area contributed by atoms with E-state index in [1.165, 1.54) is 30.6 Å². The molecule has 19 heavy (non-hydrogen) atoms. The van der Waals surface area contributed by atoms with Crippen LogP contribution in [-0.4, -0.2) is 18.1 Å². The number of rotatable bonds is 4. The molecule has 0 aliphatic heterocycles. The standard InChI is InChI=1S/C13H11F2NO2S/c1-18-11(17)6-10-7-19-13(16-10)9-4-2-8(3-5-9)12(14)15/h2-5,7,12H,6H2,1H3. The molecule has 0 spiro atoms. The molecule has 0 aliphatic rings. The Morgan fingerprint density at radius 1 is 1.37 bits per heavy atom. The zero-order chi connectivity index (χ0) is 13.8. The summed E-state index contributed by atoms with van der Waals surface area (Å²) in [5, 5.41) is 2.45. The molecule has 0 atom stereocenters. The molecule has 2 aromatic rings.